The fraction of sp³-hybridized carbons (Fsp3) is 0.647. The van der Waals surface area contributed by atoms with Gasteiger partial charge in [-0.15, -0.1) is 0 Å². The Kier molecular flexibility index (Phi) is 4.78. The molecule has 0 unspecified atom stereocenters. The minimum Gasteiger partial charge on any atom is -0.486 e. The van der Waals surface area contributed by atoms with Gasteiger partial charge in [0.25, 0.3) is 0 Å². The largest absolute Gasteiger partial charge is 0.495 e. The van der Waals surface area contributed by atoms with Crippen LogP contribution in [0.5, 0.6) is 5.75 Å². The van der Waals surface area contributed by atoms with Gasteiger partial charge < -0.3 is 14.0 Å². The molecule has 0 radical (unpaired) electrons. The second-order valence-electron chi connectivity index (χ2n) is 7.68. The van der Waals surface area contributed by atoms with E-state index in [0.29, 0.717) is 11.9 Å². The molecule has 2 aliphatic heterocycles. The smallest absolute Gasteiger partial charge is 0.486 e. The molecular weight excluding hydrogens is 360 g/mol. The maximum Gasteiger partial charge on any atom is 0.495 e. The van der Waals surface area contributed by atoms with Gasteiger partial charge in [0.2, 0.25) is 10.0 Å². The van der Waals surface area contributed by atoms with Crippen molar-refractivity contribution in [1.29, 1.82) is 0 Å². The molecule has 3 rings (SSSR count). The lowest BCUT2D eigenvalue weighted by atomic mass is 9.78. The molecule has 1 fully saturated rings. The number of hydrogen-bond acceptors (Lipinski definition) is 5. The molecule has 0 atom stereocenters. The first-order valence-corrected chi connectivity index (χ1v) is 10.4. The van der Waals surface area contributed by atoms with E-state index in [0.717, 1.165) is 0 Å². The van der Waals surface area contributed by atoms with Crippen molar-refractivity contribution in [3.63, 3.8) is 0 Å². The van der Waals surface area contributed by atoms with Gasteiger partial charge in [-0.2, -0.15) is 0 Å². The minimum atomic E-state index is -3.54. The molecule has 9 heteroatoms. The van der Waals surface area contributed by atoms with Gasteiger partial charge in [-0.3, -0.25) is 4.31 Å². The van der Waals surface area contributed by atoms with Crippen LogP contribution >= 0.6 is 0 Å². The van der Waals surface area contributed by atoms with Crippen molar-refractivity contribution in [3.05, 3.63) is 17.9 Å². The SMILES string of the molecule is CCCS(=O)(=O)N1CCOc2c(F)cc(B3OC(C)(C)C(C)(C)O3)cc21. The van der Waals surface area contributed by atoms with Crippen LogP contribution < -0.4 is 14.5 Å². The predicted octanol–water partition coefficient (Wildman–Crippen LogP) is 2.06. The molecule has 0 bridgehead atoms. The maximum atomic E-state index is 14.7. The third kappa shape index (κ3) is 3.21. The average molecular weight is 385 g/mol. The molecule has 2 aliphatic rings. The summed E-state index contributed by atoms with van der Waals surface area (Å²) in [5.41, 5.74) is -0.514. The topological polar surface area (TPSA) is 65.1 Å². The zero-order chi connectivity index (χ0) is 19.3. The van der Waals surface area contributed by atoms with Crippen molar-refractivity contribution in [1.82, 2.24) is 0 Å². The van der Waals surface area contributed by atoms with Gasteiger partial charge in [-0.25, -0.2) is 12.8 Å². The predicted molar refractivity (Wildman–Crippen MR) is 99.0 cm³/mol. The monoisotopic (exact) mass is 385 g/mol. The first kappa shape index (κ1) is 19.4. The lowest BCUT2D eigenvalue weighted by Crippen LogP contribution is -2.41. The van der Waals surface area contributed by atoms with E-state index in [4.69, 9.17) is 14.0 Å². The second kappa shape index (κ2) is 6.39. The summed E-state index contributed by atoms with van der Waals surface area (Å²) >= 11 is 0. The van der Waals surface area contributed by atoms with E-state index < -0.39 is 34.2 Å². The molecule has 1 saturated heterocycles. The molecule has 0 aromatic heterocycles. The summed E-state index contributed by atoms with van der Waals surface area (Å²) < 4.78 is 58.4. The van der Waals surface area contributed by atoms with E-state index >= 15 is 0 Å². The molecule has 2 heterocycles. The van der Waals surface area contributed by atoms with Gasteiger partial charge in [0.05, 0.1) is 29.2 Å². The van der Waals surface area contributed by atoms with Crippen molar-refractivity contribution >= 4 is 28.3 Å². The Morgan fingerprint density at radius 3 is 2.38 bits per heavy atom. The third-order valence-electron chi connectivity index (χ3n) is 5.18. The van der Waals surface area contributed by atoms with Crippen LogP contribution in [0.15, 0.2) is 12.1 Å². The minimum absolute atomic E-state index is 0.00518. The fourth-order valence-electron chi connectivity index (χ4n) is 3.05. The number of halogens is 1. The maximum absolute atomic E-state index is 14.7. The van der Waals surface area contributed by atoms with Crippen molar-refractivity contribution in [2.75, 3.05) is 23.2 Å². The summed E-state index contributed by atoms with van der Waals surface area (Å²) in [5.74, 6) is -0.672. The van der Waals surface area contributed by atoms with Gasteiger partial charge in [0, 0.05) is 0 Å². The molecule has 1 aromatic carbocycles. The molecule has 144 valence electrons. The molecular formula is C17H25BFNO5S. The Morgan fingerprint density at radius 2 is 1.81 bits per heavy atom. The van der Waals surface area contributed by atoms with Gasteiger partial charge in [0.1, 0.15) is 6.61 Å². The third-order valence-corrected chi connectivity index (χ3v) is 7.15. The van der Waals surface area contributed by atoms with Crippen LogP contribution in [-0.4, -0.2) is 45.6 Å². The lowest BCUT2D eigenvalue weighted by Gasteiger charge is -2.32. The highest BCUT2D eigenvalue weighted by molar-refractivity contribution is 7.92. The molecule has 0 N–H and O–H groups in total. The molecule has 6 nitrogen and oxygen atoms in total. The number of fused-ring (bicyclic) bond motifs is 1. The fourth-order valence-corrected chi connectivity index (χ4v) is 4.58. The Bertz CT molecular complexity index is 796. The first-order valence-electron chi connectivity index (χ1n) is 8.81. The van der Waals surface area contributed by atoms with Crippen molar-refractivity contribution in [2.24, 2.45) is 0 Å². The molecule has 0 saturated carbocycles. The highest BCUT2D eigenvalue weighted by Crippen LogP contribution is 2.39. The van der Waals surface area contributed by atoms with Crippen LogP contribution in [0.4, 0.5) is 10.1 Å². The lowest BCUT2D eigenvalue weighted by molar-refractivity contribution is 0.00578. The Labute approximate surface area is 154 Å². The zero-order valence-electron chi connectivity index (χ0n) is 15.8. The van der Waals surface area contributed by atoms with Crippen molar-refractivity contribution in [2.45, 2.75) is 52.2 Å². The van der Waals surface area contributed by atoms with Crippen LogP contribution in [0.2, 0.25) is 0 Å². The number of sulfonamides is 1. The van der Waals surface area contributed by atoms with E-state index in [2.05, 4.69) is 0 Å². The molecule has 0 aliphatic carbocycles. The Morgan fingerprint density at radius 1 is 1.19 bits per heavy atom. The van der Waals surface area contributed by atoms with Crippen LogP contribution in [0, 0.1) is 5.82 Å². The standard InChI is InChI=1S/C17H25BFNO5S/c1-6-9-26(21,22)20-7-8-23-15-13(19)10-12(11-14(15)20)18-24-16(2,3)17(4,5)25-18/h10-11H,6-9H2,1-5H3. The van der Waals surface area contributed by atoms with Gasteiger partial charge >= 0.3 is 7.12 Å². The molecule has 1 aromatic rings. The quantitative estimate of drug-likeness (QED) is 0.743. The Balaban J connectivity index is 2.03. The van der Waals surface area contributed by atoms with Crippen LogP contribution in [0.1, 0.15) is 41.0 Å². The van der Waals surface area contributed by atoms with E-state index in [9.17, 15) is 12.8 Å². The normalized spacial score (nSPS) is 21.5. The molecule has 0 amide bonds. The van der Waals surface area contributed by atoms with Crippen LogP contribution in [0.25, 0.3) is 0 Å². The summed E-state index contributed by atoms with van der Waals surface area (Å²) in [6, 6.07) is 2.88. The summed E-state index contributed by atoms with van der Waals surface area (Å²) in [7, 11) is -4.32. The summed E-state index contributed by atoms with van der Waals surface area (Å²) in [4.78, 5) is 0. The number of anilines is 1. The van der Waals surface area contributed by atoms with E-state index in [1.54, 1.807) is 13.0 Å². The number of benzene rings is 1. The van der Waals surface area contributed by atoms with E-state index in [-0.39, 0.29) is 30.3 Å². The number of rotatable bonds is 4. The van der Waals surface area contributed by atoms with E-state index in [1.165, 1.54) is 10.4 Å². The van der Waals surface area contributed by atoms with Gasteiger partial charge in [-0.05, 0) is 51.7 Å². The Hall–Kier alpha value is -1.32. The molecule has 26 heavy (non-hydrogen) atoms. The zero-order valence-corrected chi connectivity index (χ0v) is 16.7. The highest BCUT2D eigenvalue weighted by Gasteiger charge is 2.52. The average Bonchev–Trinajstić information content (AvgIpc) is 2.75. The summed E-state index contributed by atoms with van der Waals surface area (Å²) in [5, 5.41) is 0. The van der Waals surface area contributed by atoms with Gasteiger partial charge in [-0.1, -0.05) is 6.92 Å². The second-order valence-corrected chi connectivity index (χ2v) is 9.69. The first-order chi connectivity index (χ1) is 12.0. The molecule has 0 spiro atoms. The summed E-state index contributed by atoms with van der Waals surface area (Å²) in [6.45, 7) is 9.68. The van der Waals surface area contributed by atoms with Crippen LogP contribution in [-0.2, 0) is 19.3 Å². The number of nitrogens with zero attached hydrogens (tertiary/aromatic N) is 1. The highest BCUT2D eigenvalue weighted by atomic mass is 32.2. The van der Waals surface area contributed by atoms with Gasteiger partial charge in [0.15, 0.2) is 11.6 Å². The van der Waals surface area contributed by atoms with Crippen molar-refractivity contribution in [3.8, 4) is 5.75 Å². The number of hydrogen-bond donors (Lipinski definition) is 0. The number of ether oxygens (including phenoxy) is 1. The van der Waals surface area contributed by atoms with Crippen molar-refractivity contribution < 1.29 is 26.9 Å². The van der Waals surface area contributed by atoms with Crippen LogP contribution in [0.3, 0.4) is 0 Å². The van der Waals surface area contributed by atoms with E-state index in [1.807, 2.05) is 27.7 Å². The summed E-state index contributed by atoms with van der Waals surface area (Å²) in [6.07, 6.45) is 0.481.